The molecule has 0 unspecified atom stereocenters. The molecule has 4 heteroatoms. The Morgan fingerprint density at radius 1 is 1.21 bits per heavy atom. The summed E-state index contributed by atoms with van der Waals surface area (Å²) in [7, 11) is 1.61. The Kier molecular flexibility index (Phi) is 4.27. The maximum absolute atomic E-state index is 13.2. The van der Waals surface area contributed by atoms with E-state index in [4.69, 9.17) is 16.3 Å². The molecule has 0 radical (unpaired) electrons. The number of nitrogens with one attached hydrogen (secondary N) is 1. The minimum absolute atomic E-state index is 0.191. The van der Waals surface area contributed by atoms with E-state index < -0.39 is 0 Å². The average molecular weight is 280 g/mol. The normalized spacial score (nSPS) is 10.3. The molecule has 0 aliphatic heterocycles. The van der Waals surface area contributed by atoms with Crippen molar-refractivity contribution in [3.05, 3.63) is 58.4 Å². The molecule has 2 aromatic rings. The SMILES string of the molecule is COc1ccc(Cl)cc1NCc1ccc(F)c(C)c1. The standard InChI is InChI=1S/C15H15ClFNO/c1-10-7-11(3-5-13(10)17)9-18-14-8-12(16)4-6-15(14)19-2/h3-8,18H,9H2,1-2H3. The molecule has 0 saturated carbocycles. The van der Waals surface area contributed by atoms with Crippen molar-refractivity contribution in [3.8, 4) is 5.75 Å². The van der Waals surface area contributed by atoms with Gasteiger partial charge < -0.3 is 10.1 Å². The summed E-state index contributed by atoms with van der Waals surface area (Å²) in [4.78, 5) is 0. The Bertz CT molecular complexity index is 586. The molecule has 1 N–H and O–H groups in total. The topological polar surface area (TPSA) is 21.3 Å². The van der Waals surface area contributed by atoms with E-state index in [1.54, 1.807) is 38.3 Å². The van der Waals surface area contributed by atoms with Gasteiger partial charge in [0.05, 0.1) is 12.8 Å². The van der Waals surface area contributed by atoms with Crippen LogP contribution in [0.25, 0.3) is 0 Å². The first-order chi connectivity index (χ1) is 9.10. The molecule has 0 aromatic heterocycles. The van der Waals surface area contributed by atoms with Gasteiger partial charge in [0.25, 0.3) is 0 Å². The lowest BCUT2D eigenvalue weighted by Crippen LogP contribution is -2.02. The van der Waals surface area contributed by atoms with Crippen molar-refractivity contribution in [2.45, 2.75) is 13.5 Å². The first-order valence-corrected chi connectivity index (χ1v) is 6.30. The van der Waals surface area contributed by atoms with E-state index in [9.17, 15) is 4.39 Å². The number of anilines is 1. The number of rotatable bonds is 4. The fraction of sp³-hybridized carbons (Fsp3) is 0.200. The molecule has 100 valence electrons. The fourth-order valence-corrected chi connectivity index (χ4v) is 2.00. The van der Waals surface area contributed by atoms with E-state index in [0.29, 0.717) is 17.1 Å². The average Bonchev–Trinajstić information content (AvgIpc) is 2.40. The van der Waals surface area contributed by atoms with Gasteiger partial charge in [-0.2, -0.15) is 0 Å². The minimum atomic E-state index is -0.191. The van der Waals surface area contributed by atoms with Crippen LogP contribution in [0.1, 0.15) is 11.1 Å². The van der Waals surface area contributed by atoms with Crippen molar-refractivity contribution >= 4 is 17.3 Å². The first-order valence-electron chi connectivity index (χ1n) is 5.92. The maximum atomic E-state index is 13.2. The predicted octanol–water partition coefficient (Wildman–Crippen LogP) is 4.41. The summed E-state index contributed by atoms with van der Waals surface area (Å²) < 4.78 is 18.4. The number of ether oxygens (including phenoxy) is 1. The molecule has 2 nitrogen and oxygen atoms in total. The molecule has 0 atom stereocenters. The highest BCUT2D eigenvalue weighted by atomic mass is 35.5. The van der Waals surface area contributed by atoms with E-state index in [2.05, 4.69) is 5.32 Å². The lowest BCUT2D eigenvalue weighted by atomic mass is 10.1. The number of hydrogen-bond donors (Lipinski definition) is 1. The first kappa shape index (κ1) is 13.7. The second kappa shape index (κ2) is 5.93. The molecule has 19 heavy (non-hydrogen) atoms. The summed E-state index contributed by atoms with van der Waals surface area (Å²) in [6, 6.07) is 10.4. The van der Waals surface area contributed by atoms with Crippen molar-refractivity contribution in [2.24, 2.45) is 0 Å². The molecule has 0 aliphatic carbocycles. The van der Waals surface area contributed by atoms with Gasteiger partial charge in [0.1, 0.15) is 11.6 Å². The number of methoxy groups -OCH3 is 1. The van der Waals surface area contributed by atoms with Crippen LogP contribution < -0.4 is 10.1 Å². The summed E-state index contributed by atoms with van der Waals surface area (Å²) in [5.41, 5.74) is 2.45. The molecule has 0 saturated heterocycles. The Labute approximate surface area is 117 Å². The van der Waals surface area contributed by atoms with Crippen LogP contribution in [0.15, 0.2) is 36.4 Å². The zero-order valence-corrected chi connectivity index (χ0v) is 11.6. The molecule has 0 bridgehead atoms. The maximum Gasteiger partial charge on any atom is 0.142 e. The number of benzene rings is 2. The smallest absolute Gasteiger partial charge is 0.142 e. The van der Waals surface area contributed by atoms with Gasteiger partial charge in [-0.05, 0) is 42.3 Å². The highest BCUT2D eigenvalue weighted by Gasteiger charge is 2.04. The van der Waals surface area contributed by atoms with Crippen LogP contribution in [-0.4, -0.2) is 7.11 Å². The quantitative estimate of drug-likeness (QED) is 0.895. The third-order valence-corrected chi connectivity index (χ3v) is 3.10. The monoisotopic (exact) mass is 279 g/mol. The van der Waals surface area contributed by atoms with Gasteiger partial charge in [0, 0.05) is 11.6 Å². The van der Waals surface area contributed by atoms with Gasteiger partial charge in [0.2, 0.25) is 0 Å². The third kappa shape index (κ3) is 3.38. The molecule has 0 heterocycles. The van der Waals surface area contributed by atoms with Crippen LogP contribution in [0.5, 0.6) is 5.75 Å². The van der Waals surface area contributed by atoms with Crippen LogP contribution in [0, 0.1) is 12.7 Å². The predicted molar refractivity (Wildman–Crippen MR) is 76.5 cm³/mol. The Morgan fingerprint density at radius 3 is 2.68 bits per heavy atom. The Balaban J connectivity index is 2.13. The molecule has 0 spiro atoms. The Hall–Kier alpha value is -1.74. The van der Waals surface area contributed by atoms with E-state index in [0.717, 1.165) is 17.0 Å². The Morgan fingerprint density at radius 2 is 2.00 bits per heavy atom. The molecular weight excluding hydrogens is 265 g/mol. The van der Waals surface area contributed by atoms with Gasteiger partial charge in [-0.1, -0.05) is 23.7 Å². The van der Waals surface area contributed by atoms with Crippen molar-refractivity contribution < 1.29 is 9.13 Å². The molecule has 0 fully saturated rings. The van der Waals surface area contributed by atoms with Gasteiger partial charge >= 0.3 is 0 Å². The van der Waals surface area contributed by atoms with Crippen LogP contribution in [0.3, 0.4) is 0 Å². The van der Waals surface area contributed by atoms with Crippen LogP contribution in [0.2, 0.25) is 5.02 Å². The molecular formula is C15H15ClFNO. The van der Waals surface area contributed by atoms with Crippen LogP contribution in [-0.2, 0) is 6.54 Å². The summed E-state index contributed by atoms with van der Waals surface area (Å²) in [6.45, 7) is 2.33. The van der Waals surface area contributed by atoms with E-state index in [1.807, 2.05) is 6.07 Å². The second-order valence-corrected chi connectivity index (χ2v) is 4.72. The molecule has 2 rings (SSSR count). The van der Waals surface area contributed by atoms with Crippen molar-refractivity contribution in [2.75, 3.05) is 12.4 Å². The molecule has 2 aromatic carbocycles. The zero-order chi connectivity index (χ0) is 13.8. The lowest BCUT2D eigenvalue weighted by molar-refractivity contribution is 0.416. The summed E-state index contributed by atoms with van der Waals surface area (Å²) in [5.74, 6) is 0.535. The van der Waals surface area contributed by atoms with E-state index >= 15 is 0 Å². The molecule has 0 aliphatic rings. The van der Waals surface area contributed by atoms with Crippen molar-refractivity contribution in [1.82, 2.24) is 0 Å². The highest BCUT2D eigenvalue weighted by Crippen LogP contribution is 2.28. The van der Waals surface area contributed by atoms with Crippen LogP contribution in [0.4, 0.5) is 10.1 Å². The van der Waals surface area contributed by atoms with Gasteiger partial charge in [-0.25, -0.2) is 4.39 Å². The summed E-state index contributed by atoms with van der Waals surface area (Å²) in [6.07, 6.45) is 0. The van der Waals surface area contributed by atoms with Crippen molar-refractivity contribution in [3.63, 3.8) is 0 Å². The van der Waals surface area contributed by atoms with Crippen LogP contribution >= 0.6 is 11.6 Å². The summed E-state index contributed by atoms with van der Waals surface area (Å²) in [5, 5.41) is 3.87. The largest absolute Gasteiger partial charge is 0.495 e. The lowest BCUT2D eigenvalue weighted by Gasteiger charge is -2.12. The number of aryl methyl sites for hydroxylation is 1. The van der Waals surface area contributed by atoms with Crippen molar-refractivity contribution in [1.29, 1.82) is 0 Å². The van der Waals surface area contributed by atoms with Gasteiger partial charge in [-0.15, -0.1) is 0 Å². The second-order valence-electron chi connectivity index (χ2n) is 4.28. The van der Waals surface area contributed by atoms with Gasteiger partial charge in [0.15, 0.2) is 0 Å². The summed E-state index contributed by atoms with van der Waals surface area (Å²) >= 11 is 5.96. The third-order valence-electron chi connectivity index (χ3n) is 2.87. The zero-order valence-electron chi connectivity index (χ0n) is 10.8. The van der Waals surface area contributed by atoms with Gasteiger partial charge in [-0.3, -0.25) is 0 Å². The number of hydrogen-bond acceptors (Lipinski definition) is 2. The van der Waals surface area contributed by atoms with E-state index in [-0.39, 0.29) is 5.82 Å². The number of halogens is 2. The minimum Gasteiger partial charge on any atom is -0.495 e. The fourth-order valence-electron chi connectivity index (χ4n) is 1.83. The van der Waals surface area contributed by atoms with E-state index in [1.165, 1.54) is 6.07 Å². The molecule has 0 amide bonds. The highest BCUT2D eigenvalue weighted by molar-refractivity contribution is 6.30.